The Labute approximate surface area is 98.4 Å². The van der Waals surface area contributed by atoms with Gasteiger partial charge in [-0.3, -0.25) is 4.79 Å². The van der Waals surface area contributed by atoms with Gasteiger partial charge >= 0.3 is 0 Å². The molecule has 0 aromatic heterocycles. The maximum absolute atomic E-state index is 13.5. The molecule has 2 rings (SSSR count). The van der Waals surface area contributed by atoms with Crippen molar-refractivity contribution >= 4 is 17.4 Å². The Balaban J connectivity index is 2.26. The van der Waals surface area contributed by atoms with Crippen LogP contribution in [-0.4, -0.2) is 19.0 Å². The molecule has 2 nitrogen and oxygen atoms in total. The minimum atomic E-state index is -0.553. The zero-order chi connectivity index (χ0) is 11.5. The summed E-state index contributed by atoms with van der Waals surface area (Å²) in [5.41, 5.74) is -0.000309. The average Bonchev–Trinajstić information content (AvgIpc) is 2.30. The number of carbonyl (C=O) groups excluding carboxylic acids is 1. The summed E-state index contributed by atoms with van der Waals surface area (Å²) >= 11 is 5.84. The Morgan fingerprint density at radius 2 is 2.31 bits per heavy atom. The summed E-state index contributed by atoms with van der Waals surface area (Å²) in [7, 11) is 0. The van der Waals surface area contributed by atoms with Gasteiger partial charge < -0.3 is 4.74 Å². The Kier molecular flexibility index (Phi) is 3.56. The first-order valence-electron chi connectivity index (χ1n) is 5.26. The number of halogens is 2. The fraction of sp³-hybridized carbons (Fsp3) is 0.417. The normalized spacial score (nSPS) is 20.8. The van der Waals surface area contributed by atoms with Gasteiger partial charge in [-0.15, -0.1) is 0 Å². The number of ketones is 1. The van der Waals surface area contributed by atoms with Gasteiger partial charge in [-0.1, -0.05) is 17.7 Å². The van der Waals surface area contributed by atoms with Gasteiger partial charge in [-0.05, 0) is 25.0 Å². The third-order valence-corrected chi connectivity index (χ3v) is 3.06. The lowest BCUT2D eigenvalue weighted by molar-refractivity contribution is 0.0459. The van der Waals surface area contributed by atoms with E-state index in [2.05, 4.69) is 0 Å². The van der Waals surface area contributed by atoms with Crippen LogP contribution in [0.2, 0.25) is 5.02 Å². The van der Waals surface area contributed by atoms with Gasteiger partial charge in [-0.2, -0.15) is 0 Å². The zero-order valence-corrected chi connectivity index (χ0v) is 9.47. The molecule has 1 atom stereocenters. The third kappa shape index (κ3) is 2.25. The lowest BCUT2D eigenvalue weighted by Gasteiger charge is -2.21. The lowest BCUT2D eigenvalue weighted by Crippen LogP contribution is -2.26. The van der Waals surface area contributed by atoms with Gasteiger partial charge in [0.25, 0.3) is 0 Å². The summed E-state index contributed by atoms with van der Waals surface area (Å²) in [5.74, 6) is -1.06. The predicted molar refractivity (Wildman–Crippen MR) is 59.3 cm³/mol. The molecular formula is C12H12ClFO2. The summed E-state index contributed by atoms with van der Waals surface area (Å²) in [6.07, 6.45) is 1.58. The highest BCUT2D eigenvalue weighted by Crippen LogP contribution is 2.25. The van der Waals surface area contributed by atoms with Crippen LogP contribution in [0.15, 0.2) is 18.2 Å². The molecule has 0 bridgehead atoms. The van der Waals surface area contributed by atoms with Crippen LogP contribution in [-0.2, 0) is 4.74 Å². The fourth-order valence-corrected chi connectivity index (χ4v) is 2.14. The van der Waals surface area contributed by atoms with Crippen molar-refractivity contribution < 1.29 is 13.9 Å². The Hall–Kier alpha value is -0.930. The van der Waals surface area contributed by atoms with Gasteiger partial charge in [0.05, 0.1) is 17.2 Å². The topological polar surface area (TPSA) is 26.3 Å². The molecule has 1 heterocycles. The van der Waals surface area contributed by atoms with Crippen LogP contribution in [0.4, 0.5) is 4.39 Å². The number of hydrogen-bond donors (Lipinski definition) is 0. The highest BCUT2D eigenvalue weighted by molar-refractivity contribution is 6.34. The van der Waals surface area contributed by atoms with Crippen molar-refractivity contribution in [1.82, 2.24) is 0 Å². The Bertz CT molecular complexity index is 380. The lowest BCUT2D eigenvalue weighted by atomic mass is 9.92. The molecule has 1 aromatic carbocycles. The molecule has 0 aliphatic carbocycles. The molecule has 4 heteroatoms. The molecule has 0 spiro atoms. The van der Waals surface area contributed by atoms with Gasteiger partial charge in [0.1, 0.15) is 5.82 Å². The van der Waals surface area contributed by atoms with E-state index in [1.165, 1.54) is 18.2 Å². The standard InChI is InChI=1S/C12H12ClFO2/c13-9-4-1-5-10(14)11(9)12(15)8-3-2-6-16-7-8/h1,4-5,8H,2-3,6-7H2. The van der Waals surface area contributed by atoms with Crippen molar-refractivity contribution in [1.29, 1.82) is 0 Å². The minimum Gasteiger partial charge on any atom is -0.381 e. The van der Waals surface area contributed by atoms with Crippen molar-refractivity contribution in [3.05, 3.63) is 34.6 Å². The molecule has 1 aliphatic rings. The van der Waals surface area contributed by atoms with Crippen LogP contribution in [0.3, 0.4) is 0 Å². The van der Waals surface area contributed by atoms with E-state index in [1.807, 2.05) is 0 Å². The number of Topliss-reactive ketones (excluding diaryl/α,β-unsaturated/α-hetero) is 1. The fourth-order valence-electron chi connectivity index (χ4n) is 1.88. The quantitative estimate of drug-likeness (QED) is 0.745. The van der Waals surface area contributed by atoms with Gasteiger partial charge in [0.15, 0.2) is 5.78 Å². The van der Waals surface area contributed by atoms with Gasteiger partial charge in [0.2, 0.25) is 0 Å². The number of hydrogen-bond acceptors (Lipinski definition) is 2. The second kappa shape index (κ2) is 4.93. The van der Waals surface area contributed by atoms with Crippen LogP contribution in [0.5, 0.6) is 0 Å². The van der Waals surface area contributed by atoms with E-state index in [0.717, 1.165) is 12.8 Å². The van der Waals surface area contributed by atoms with E-state index in [4.69, 9.17) is 16.3 Å². The molecule has 1 aromatic rings. The SMILES string of the molecule is O=C(c1c(F)cccc1Cl)C1CCCOC1. The highest BCUT2D eigenvalue weighted by Gasteiger charge is 2.26. The first kappa shape index (κ1) is 11.6. The van der Waals surface area contributed by atoms with Crippen LogP contribution in [0.25, 0.3) is 0 Å². The van der Waals surface area contributed by atoms with Crippen molar-refractivity contribution in [3.8, 4) is 0 Å². The van der Waals surface area contributed by atoms with Crippen LogP contribution >= 0.6 is 11.6 Å². The number of ether oxygens (including phenoxy) is 1. The third-order valence-electron chi connectivity index (χ3n) is 2.74. The number of carbonyl (C=O) groups is 1. The average molecular weight is 243 g/mol. The van der Waals surface area contributed by atoms with E-state index >= 15 is 0 Å². The van der Waals surface area contributed by atoms with Crippen molar-refractivity contribution in [3.63, 3.8) is 0 Å². The molecule has 16 heavy (non-hydrogen) atoms. The van der Waals surface area contributed by atoms with Crippen molar-refractivity contribution in [2.45, 2.75) is 12.8 Å². The first-order chi connectivity index (χ1) is 7.70. The number of benzene rings is 1. The van der Waals surface area contributed by atoms with Crippen LogP contribution in [0.1, 0.15) is 23.2 Å². The molecule has 0 amide bonds. The molecular weight excluding hydrogens is 231 g/mol. The highest BCUT2D eigenvalue weighted by atomic mass is 35.5. The summed E-state index contributed by atoms with van der Waals surface area (Å²) in [6.45, 7) is 1.04. The van der Waals surface area contributed by atoms with Crippen LogP contribution in [0, 0.1) is 11.7 Å². The van der Waals surface area contributed by atoms with E-state index in [-0.39, 0.29) is 22.3 Å². The van der Waals surface area contributed by atoms with E-state index < -0.39 is 5.82 Å². The molecule has 1 fully saturated rings. The summed E-state index contributed by atoms with van der Waals surface area (Å²) in [5, 5.41) is 0.176. The van der Waals surface area contributed by atoms with Gasteiger partial charge in [0, 0.05) is 12.5 Å². The molecule has 0 saturated carbocycles. The summed E-state index contributed by atoms with van der Waals surface area (Å²) in [6, 6.07) is 4.27. The van der Waals surface area contributed by atoms with Crippen molar-refractivity contribution in [2.24, 2.45) is 5.92 Å². The largest absolute Gasteiger partial charge is 0.381 e. The van der Waals surface area contributed by atoms with Crippen molar-refractivity contribution in [2.75, 3.05) is 13.2 Å². The molecule has 86 valence electrons. The molecule has 1 aliphatic heterocycles. The predicted octanol–water partition coefficient (Wildman–Crippen LogP) is 3.09. The molecule has 0 N–H and O–H groups in total. The monoisotopic (exact) mass is 242 g/mol. The molecule has 1 unspecified atom stereocenters. The smallest absolute Gasteiger partial charge is 0.172 e. The maximum atomic E-state index is 13.5. The number of rotatable bonds is 2. The Morgan fingerprint density at radius 3 is 2.94 bits per heavy atom. The van der Waals surface area contributed by atoms with Crippen LogP contribution < -0.4 is 0 Å². The minimum absolute atomic E-state index is 0.000309. The maximum Gasteiger partial charge on any atom is 0.172 e. The summed E-state index contributed by atoms with van der Waals surface area (Å²) < 4.78 is 18.7. The molecule has 0 radical (unpaired) electrons. The van der Waals surface area contributed by atoms with E-state index in [9.17, 15) is 9.18 Å². The zero-order valence-electron chi connectivity index (χ0n) is 8.71. The second-order valence-corrected chi connectivity index (χ2v) is 4.28. The molecule has 1 saturated heterocycles. The van der Waals surface area contributed by atoms with E-state index in [0.29, 0.717) is 13.2 Å². The second-order valence-electron chi connectivity index (χ2n) is 3.87. The van der Waals surface area contributed by atoms with E-state index in [1.54, 1.807) is 0 Å². The van der Waals surface area contributed by atoms with Gasteiger partial charge in [-0.25, -0.2) is 4.39 Å². The Morgan fingerprint density at radius 1 is 1.50 bits per heavy atom. The first-order valence-corrected chi connectivity index (χ1v) is 5.64. The summed E-state index contributed by atoms with van der Waals surface area (Å²) in [4.78, 5) is 12.0.